The maximum atomic E-state index is 12.3. The van der Waals surface area contributed by atoms with Crippen molar-refractivity contribution < 1.29 is 14.5 Å². The van der Waals surface area contributed by atoms with Gasteiger partial charge in [0, 0.05) is 33.6 Å². The summed E-state index contributed by atoms with van der Waals surface area (Å²) in [5, 5.41) is 13.8. The highest BCUT2D eigenvalue weighted by Crippen LogP contribution is 2.22. The van der Waals surface area contributed by atoms with Crippen LogP contribution in [0, 0.1) is 10.1 Å². The summed E-state index contributed by atoms with van der Waals surface area (Å²) >= 11 is 9.29. The highest BCUT2D eigenvalue weighted by molar-refractivity contribution is 9.10. The third-order valence-electron chi connectivity index (χ3n) is 3.40. The number of benzene rings is 2. The fourth-order valence-corrected chi connectivity index (χ4v) is 2.75. The SMILES string of the molecule is NC(=O)[C@H](Cc1cc(Cl)ccc1Br)NC(=O)c1cccc([N+](=O)[O-])c1. The van der Waals surface area contributed by atoms with Crippen LogP contribution in [0.4, 0.5) is 5.69 Å². The lowest BCUT2D eigenvalue weighted by Crippen LogP contribution is -2.45. The minimum absolute atomic E-state index is 0.0607. The number of nitrogens with two attached hydrogens (primary N) is 1. The molecule has 0 heterocycles. The van der Waals surface area contributed by atoms with E-state index in [9.17, 15) is 19.7 Å². The van der Waals surface area contributed by atoms with Crippen LogP contribution in [0.2, 0.25) is 5.02 Å². The van der Waals surface area contributed by atoms with Crippen molar-refractivity contribution in [1.82, 2.24) is 5.32 Å². The van der Waals surface area contributed by atoms with E-state index in [0.717, 1.165) is 6.07 Å². The predicted octanol–water partition coefficient (Wildman–Crippen LogP) is 2.84. The minimum Gasteiger partial charge on any atom is -0.368 e. The molecule has 130 valence electrons. The van der Waals surface area contributed by atoms with Gasteiger partial charge in [0.2, 0.25) is 5.91 Å². The van der Waals surface area contributed by atoms with E-state index in [1.165, 1.54) is 18.2 Å². The third-order valence-corrected chi connectivity index (χ3v) is 4.41. The normalized spacial score (nSPS) is 11.6. The Morgan fingerprint density at radius 2 is 2.00 bits per heavy atom. The Hall–Kier alpha value is -2.45. The molecule has 0 aliphatic heterocycles. The van der Waals surface area contributed by atoms with Gasteiger partial charge in [-0.1, -0.05) is 33.6 Å². The van der Waals surface area contributed by atoms with Gasteiger partial charge in [-0.3, -0.25) is 19.7 Å². The Morgan fingerprint density at radius 1 is 1.28 bits per heavy atom. The van der Waals surface area contributed by atoms with Crippen LogP contribution < -0.4 is 11.1 Å². The second kappa shape index (κ2) is 8.09. The fraction of sp³-hybridized carbons (Fsp3) is 0.125. The van der Waals surface area contributed by atoms with Gasteiger partial charge in [0.1, 0.15) is 6.04 Å². The quantitative estimate of drug-likeness (QED) is 0.546. The Morgan fingerprint density at radius 3 is 2.64 bits per heavy atom. The largest absolute Gasteiger partial charge is 0.368 e. The van der Waals surface area contributed by atoms with Crippen LogP contribution in [0.3, 0.4) is 0 Å². The standard InChI is InChI=1S/C16H13BrClN3O4/c17-13-5-4-11(18)6-10(13)8-14(15(19)22)20-16(23)9-2-1-3-12(7-9)21(24)25/h1-7,14H,8H2,(H2,19,22)(H,20,23)/t14-/m0/s1. The number of rotatable bonds is 6. The molecule has 1 atom stereocenters. The molecule has 2 aromatic rings. The zero-order valence-corrected chi connectivity index (χ0v) is 15.1. The van der Waals surface area contributed by atoms with Crippen molar-refractivity contribution in [2.24, 2.45) is 5.73 Å². The number of non-ortho nitro benzene ring substituents is 1. The van der Waals surface area contributed by atoms with E-state index < -0.39 is 22.8 Å². The van der Waals surface area contributed by atoms with Gasteiger partial charge in [-0.2, -0.15) is 0 Å². The van der Waals surface area contributed by atoms with Crippen LogP contribution in [0.25, 0.3) is 0 Å². The first kappa shape index (κ1) is 18.9. The zero-order chi connectivity index (χ0) is 18.6. The van der Waals surface area contributed by atoms with Gasteiger partial charge in [-0.15, -0.1) is 0 Å². The lowest BCUT2D eigenvalue weighted by Gasteiger charge is -2.16. The van der Waals surface area contributed by atoms with Crippen LogP contribution in [0.15, 0.2) is 46.9 Å². The number of nitro groups is 1. The van der Waals surface area contributed by atoms with Crippen molar-refractivity contribution >= 4 is 45.0 Å². The Kier molecular flexibility index (Phi) is 6.11. The molecule has 0 fully saturated rings. The van der Waals surface area contributed by atoms with E-state index >= 15 is 0 Å². The van der Waals surface area contributed by atoms with Crippen molar-refractivity contribution in [3.63, 3.8) is 0 Å². The second-order valence-corrected chi connectivity index (χ2v) is 6.47. The summed E-state index contributed by atoms with van der Waals surface area (Å²) in [6, 6.07) is 9.25. The summed E-state index contributed by atoms with van der Waals surface area (Å²) < 4.78 is 0.716. The Balaban J connectivity index is 2.20. The number of halogens is 2. The average Bonchev–Trinajstić information content (AvgIpc) is 2.57. The molecule has 0 radical (unpaired) electrons. The third kappa shape index (κ3) is 5.01. The summed E-state index contributed by atoms with van der Waals surface area (Å²) in [5.41, 5.74) is 5.90. The van der Waals surface area contributed by atoms with Gasteiger partial charge >= 0.3 is 0 Å². The summed E-state index contributed by atoms with van der Waals surface area (Å²) in [7, 11) is 0. The topological polar surface area (TPSA) is 115 Å². The molecule has 0 spiro atoms. The van der Waals surface area contributed by atoms with E-state index in [1.54, 1.807) is 18.2 Å². The molecule has 0 unspecified atom stereocenters. The number of carbonyl (C=O) groups is 2. The fourth-order valence-electron chi connectivity index (χ4n) is 2.14. The summed E-state index contributed by atoms with van der Waals surface area (Å²) in [4.78, 5) is 34.2. The van der Waals surface area contributed by atoms with Gasteiger partial charge in [0.05, 0.1) is 4.92 Å². The van der Waals surface area contributed by atoms with E-state index in [1.807, 2.05) is 0 Å². The van der Waals surface area contributed by atoms with Gasteiger partial charge in [0.25, 0.3) is 11.6 Å². The summed E-state index contributed by atoms with van der Waals surface area (Å²) in [5.74, 6) is -1.36. The van der Waals surface area contributed by atoms with Crippen LogP contribution >= 0.6 is 27.5 Å². The molecule has 2 amide bonds. The number of amides is 2. The molecule has 3 N–H and O–H groups in total. The van der Waals surface area contributed by atoms with Crippen LogP contribution in [-0.4, -0.2) is 22.8 Å². The second-order valence-electron chi connectivity index (χ2n) is 5.18. The predicted molar refractivity (Wildman–Crippen MR) is 96.4 cm³/mol. The smallest absolute Gasteiger partial charge is 0.270 e. The summed E-state index contributed by atoms with van der Waals surface area (Å²) in [6.07, 6.45) is 0.122. The molecular weight excluding hydrogens is 414 g/mol. The average molecular weight is 427 g/mol. The lowest BCUT2D eigenvalue weighted by molar-refractivity contribution is -0.384. The van der Waals surface area contributed by atoms with E-state index in [0.29, 0.717) is 15.1 Å². The number of nitrogens with one attached hydrogen (secondary N) is 1. The molecule has 0 aromatic heterocycles. The highest BCUT2D eigenvalue weighted by atomic mass is 79.9. The van der Waals surface area contributed by atoms with E-state index in [2.05, 4.69) is 21.2 Å². The maximum absolute atomic E-state index is 12.3. The monoisotopic (exact) mass is 425 g/mol. The van der Waals surface area contributed by atoms with Gasteiger partial charge < -0.3 is 11.1 Å². The van der Waals surface area contributed by atoms with Crippen molar-refractivity contribution in [3.05, 3.63) is 73.2 Å². The van der Waals surface area contributed by atoms with Crippen LogP contribution in [0.1, 0.15) is 15.9 Å². The Labute approximate surface area is 156 Å². The van der Waals surface area contributed by atoms with Gasteiger partial charge in [0.15, 0.2) is 0 Å². The molecule has 0 bridgehead atoms. The first-order chi connectivity index (χ1) is 11.8. The maximum Gasteiger partial charge on any atom is 0.270 e. The minimum atomic E-state index is -0.999. The van der Waals surface area contributed by atoms with Crippen molar-refractivity contribution in [2.75, 3.05) is 0 Å². The molecule has 0 saturated carbocycles. The number of hydrogen-bond acceptors (Lipinski definition) is 4. The van der Waals surface area contributed by atoms with Gasteiger partial charge in [-0.25, -0.2) is 0 Å². The van der Waals surface area contributed by atoms with Crippen molar-refractivity contribution in [2.45, 2.75) is 12.5 Å². The Bertz CT molecular complexity index is 844. The molecule has 25 heavy (non-hydrogen) atoms. The van der Waals surface area contributed by atoms with E-state index in [4.69, 9.17) is 17.3 Å². The first-order valence-electron chi connectivity index (χ1n) is 7.06. The van der Waals surface area contributed by atoms with Crippen LogP contribution in [-0.2, 0) is 11.2 Å². The van der Waals surface area contributed by atoms with Gasteiger partial charge in [-0.05, 0) is 29.8 Å². The number of nitro benzene ring substituents is 1. The van der Waals surface area contributed by atoms with Crippen molar-refractivity contribution in [1.29, 1.82) is 0 Å². The van der Waals surface area contributed by atoms with E-state index in [-0.39, 0.29) is 17.7 Å². The van der Waals surface area contributed by atoms with Crippen LogP contribution in [0.5, 0.6) is 0 Å². The highest BCUT2D eigenvalue weighted by Gasteiger charge is 2.21. The molecule has 2 rings (SSSR count). The molecule has 0 aliphatic rings. The molecule has 9 heteroatoms. The molecular formula is C16H13BrClN3O4. The molecule has 2 aromatic carbocycles. The molecule has 7 nitrogen and oxygen atoms in total. The molecule has 0 saturated heterocycles. The number of nitrogens with zero attached hydrogens (tertiary/aromatic N) is 1. The number of hydrogen-bond donors (Lipinski definition) is 2. The number of primary amides is 1. The van der Waals surface area contributed by atoms with Crippen molar-refractivity contribution in [3.8, 4) is 0 Å². The summed E-state index contributed by atoms with van der Waals surface area (Å²) in [6.45, 7) is 0. The number of carbonyl (C=O) groups excluding carboxylic acids is 2. The zero-order valence-electron chi connectivity index (χ0n) is 12.7. The molecule has 0 aliphatic carbocycles. The lowest BCUT2D eigenvalue weighted by atomic mass is 10.0. The first-order valence-corrected chi connectivity index (χ1v) is 8.23.